The van der Waals surface area contributed by atoms with Gasteiger partial charge in [0.05, 0.1) is 26.4 Å². The highest BCUT2D eigenvalue weighted by molar-refractivity contribution is 7.90. The number of pyridine rings is 1. The molecule has 0 bridgehead atoms. The molecule has 1 aliphatic carbocycles. The number of benzene rings is 1. The van der Waals surface area contributed by atoms with Crippen molar-refractivity contribution in [2.24, 2.45) is 5.92 Å². The number of aromatic nitrogens is 1. The lowest BCUT2D eigenvalue weighted by Gasteiger charge is -2.30. The van der Waals surface area contributed by atoms with Gasteiger partial charge in [-0.1, -0.05) is 37.1 Å². The van der Waals surface area contributed by atoms with Crippen LogP contribution >= 0.6 is 0 Å². The predicted molar refractivity (Wildman–Crippen MR) is 197 cm³/mol. The second-order valence-corrected chi connectivity index (χ2v) is 17.2. The summed E-state index contributed by atoms with van der Waals surface area (Å²) in [7, 11) is -3.07. The van der Waals surface area contributed by atoms with Gasteiger partial charge >= 0.3 is 12.2 Å². The van der Waals surface area contributed by atoms with Crippen LogP contribution in [0.3, 0.4) is 0 Å². The molecule has 5 amide bonds. The van der Waals surface area contributed by atoms with Gasteiger partial charge in [0.15, 0.2) is 0 Å². The Morgan fingerprint density at radius 3 is 2.55 bits per heavy atom. The van der Waals surface area contributed by atoms with Crippen molar-refractivity contribution in [1.29, 1.82) is 0 Å². The summed E-state index contributed by atoms with van der Waals surface area (Å²) in [5.41, 5.74) is -1.55. The molecular weight excluding hydrogens is 752 g/mol. The summed E-state index contributed by atoms with van der Waals surface area (Å²) in [4.78, 5) is 75.1. The van der Waals surface area contributed by atoms with E-state index in [9.17, 15) is 36.8 Å². The van der Waals surface area contributed by atoms with Crippen molar-refractivity contribution in [3.05, 3.63) is 65.6 Å². The predicted octanol–water partition coefficient (Wildman–Crippen LogP) is 3.44. The van der Waals surface area contributed by atoms with E-state index in [4.69, 9.17) is 14.2 Å². The molecule has 5 atom stereocenters. The van der Waals surface area contributed by atoms with E-state index in [0.29, 0.717) is 30.4 Å². The first-order valence-electron chi connectivity index (χ1n) is 18.6. The molecule has 2 aromatic rings. The zero-order chi connectivity index (χ0) is 40.4. The van der Waals surface area contributed by atoms with E-state index in [2.05, 4.69) is 20.3 Å². The molecule has 0 unspecified atom stereocenters. The molecule has 4 aliphatic rings. The van der Waals surface area contributed by atoms with E-state index in [1.807, 2.05) is 6.08 Å². The summed E-state index contributed by atoms with van der Waals surface area (Å²) in [5, 5.41) is 5.41. The SMILES string of the molecule is COc1ccc(S(=O)(=O)NC(=O)[C@@]23C[C@@H]2/C=C\CCCCC[C@H](NC(=O)OC(C)(C)C)C(=O)N2C[C@H](OC(=O)N4Cc5cccc(F)c5C4)C[C@H]2C(=O)N3)cn1. The largest absolute Gasteiger partial charge is 0.481 e. The number of ether oxygens (including phenoxy) is 3. The summed E-state index contributed by atoms with van der Waals surface area (Å²) in [6, 6.07) is 4.72. The van der Waals surface area contributed by atoms with Crippen molar-refractivity contribution in [1.82, 2.24) is 30.1 Å². The molecule has 1 saturated heterocycles. The number of hydrogen-bond donors (Lipinski definition) is 3. The molecule has 1 aromatic heterocycles. The molecule has 3 aliphatic heterocycles. The van der Waals surface area contributed by atoms with Gasteiger partial charge in [-0.25, -0.2) is 32.1 Å². The number of sulfonamides is 1. The van der Waals surface area contributed by atoms with E-state index >= 15 is 0 Å². The smallest absolute Gasteiger partial charge is 0.410 e. The minimum Gasteiger partial charge on any atom is -0.481 e. The number of carbonyl (C=O) groups excluding carboxylic acids is 5. The van der Waals surface area contributed by atoms with E-state index in [1.165, 1.54) is 35.1 Å². The molecule has 6 rings (SSSR count). The van der Waals surface area contributed by atoms with Crippen LogP contribution in [0.2, 0.25) is 0 Å². The molecule has 0 radical (unpaired) electrons. The van der Waals surface area contributed by atoms with Crippen LogP contribution in [0.1, 0.15) is 76.8 Å². The van der Waals surface area contributed by atoms with Gasteiger partial charge in [-0.05, 0) is 64.2 Å². The number of nitrogens with one attached hydrogen (secondary N) is 3. The van der Waals surface area contributed by atoms with Gasteiger partial charge in [0.1, 0.15) is 40.0 Å². The molecule has 3 N–H and O–H groups in total. The van der Waals surface area contributed by atoms with E-state index < -0.39 is 81.0 Å². The number of methoxy groups -OCH3 is 1. The second-order valence-electron chi connectivity index (χ2n) is 15.5. The molecule has 1 saturated carbocycles. The minimum absolute atomic E-state index is 0.0238. The normalized spacial score (nSPS) is 25.9. The van der Waals surface area contributed by atoms with Crippen LogP contribution in [0.4, 0.5) is 14.0 Å². The van der Waals surface area contributed by atoms with Gasteiger partial charge in [-0.15, -0.1) is 0 Å². The fraction of sp³-hybridized carbons (Fsp3) is 0.526. The fourth-order valence-electron chi connectivity index (χ4n) is 7.26. The van der Waals surface area contributed by atoms with E-state index in [-0.39, 0.29) is 49.7 Å². The summed E-state index contributed by atoms with van der Waals surface area (Å²) in [6.07, 6.45) is 4.77. The summed E-state index contributed by atoms with van der Waals surface area (Å²) in [6.45, 7) is 4.90. The minimum atomic E-state index is -4.44. The Kier molecular flexibility index (Phi) is 11.6. The average Bonchev–Trinajstić information content (AvgIpc) is 3.42. The van der Waals surface area contributed by atoms with Gasteiger partial charge in [0.25, 0.3) is 15.9 Å². The Morgan fingerprint density at radius 1 is 1.07 bits per heavy atom. The third-order valence-electron chi connectivity index (χ3n) is 10.2. The van der Waals surface area contributed by atoms with Crippen LogP contribution in [-0.4, -0.2) is 96.1 Å². The molecule has 0 spiro atoms. The maximum Gasteiger partial charge on any atom is 0.410 e. The molecule has 18 heteroatoms. The third kappa shape index (κ3) is 9.06. The zero-order valence-corrected chi connectivity index (χ0v) is 32.5. The number of allylic oxidation sites excluding steroid dienone is 1. The van der Waals surface area contributed by atoms with Crippen LogP contribution in [0.5, 0.6) is 5.88 Å². The first-order chi connectivity index (χ1) is 26.5. The van der Waals surface area contributed by atoms with Crippen LogP contribution in [0.25, 0.3) is 0 Å². The van der Waals surface area contributed by atoms with Gasteiger partial charge < -0.3 is 29.7 Å². The number of rotatable bonds is 6. The fourth-order valence-corrected chi connectivity index (χ4v) is 8.24. The lowest BCUT2D eigenvalue weighted by Crippen LogP contribution is -2.58. The monoisotopic (exact) mass is 798 g/mol. The van der Waals surface area contributed by atoms with Crippen LogP contribution < -0.4 is 20.1 Å². The number of halogens is 1. The van der Waals surface area contributed by atoms with Crippen molar-refractivity contribution in [3.63, 3.8) is 0 Å². The molecule has 302 valence electrons. The molecular formula is C38H47FN6O10S. The second kappa shape index (κ2) is 16.1. The highest BCUT2D eigenvalue weighted by atomic mass is 32.2. The van der Waals surface area contributed by atoms with Gasteiger partial charge in [-0.2, -0.15) is 0 Å². The van der Waals surface area contributed by atoms with Crippen molar-refractivity contribution >= 4 is 39.9 Å². The maximum absolute atomic E-state index is 14.5. The molecule has 4 heterocycles. The maximum atomic E-state index is 14.5. The highest BCUT2D eigenvalue weighted by Crippen LogP contribution is 2.46. The number of alkyl carbamates (subject to hydrolysis) is 1. The lowest BCUT2D eigenvalue weighted by atomic mass is 10.0. The van der Waals surface area contributed by atoms with Crippen LogP contribution in [0.15, 0.2) is 53.6 Å². The number of nitrogens with zero attached hydrogens (tertiary/aromatic N) is 3. The Bertz CT molecular complexity index is 2010. The van der Waals surface area contributed by atoms with Crippen LogP contribution in [0, 0.1) is 11.7 Å². The molecule has 2 fully saturated rings. The average molecular weight is 799 g/mol. The standard InChI is InChI=1S/C38H47FN6O10S/c1-37(2,3)55-35(49)41-29-14-9-7-5-6-8-12-24-18-38(24,34(48)43-56(51,52)26-15-16-31(53-4)40-19-26)42-32(46)30-17-25(21-45(30)33(29)47)54-36(50)44-20-23-11-10-13-28(39)27(23)22-44/h8,10-13,15-16,19,24-25,29-30H,5-7,9,14,17-18,20-22H2,1-4H3,(H,41,49)(H,42,46)(H,43,48)/b12-8-/t24-,25+,29-,30-,38+/m0/s1. The summed E-state index contributed by atoms with van der Waals surface area (Å²) >= 11 is 0. The van der Waals surface area contributed by atoms with Gasteiger partial charge in [0, 0.05) is 30.5 Å². The molecule has 16 nitrogen and oxygen atoms in total. The summed E-state index contributed by atoms with van der Waals surface area (Å²) in [5.74, 6) is -3.25. The first-order valence-corrected chi connectivity index (χ1v) is 20.1. The lowest BCUT2D eigenvalue weighted by molar-refractivity contribution is -0.141. The van der Waals surface area contributed by atoms with Crippen molar-refractivity contribution < 1.29 is 51.0 Å². The Balaban J connectivity index is 1.26. The molecule has 56 heavy (non-hydrogen) atoms. The quantitative estimate of drug-likeness (QED) is 0.362. The van der Waals surface area contributed by atoms with Crippen LogP contribution in [-0.2, 0) is 47.0 Å². The van der Waals surface area contributed by atoms with Crippen molar-refractivity contribution in [2.45, 2.75) is 113 Å². The zero-order valence-electron chi connectivity index (χ0n) is 31.7. The van der Waals surface area contributed by atoms with Gasteiger partial charge in [-0.3, -0.25) is 19.3 Å². The number of hydrogen-bond acceptors (Lipinski definition) is 11. The third-order valence-corrected chi connectivity index (χ3v) is 11.6. The number of carbonyl (C=O) groups is 5. The van der Waals surface area contributed by atoms with E-state index in [1.54, 1.807) is 39.0 Å². The Morgan fingerprint density at radius 2 is 1.86 bits per heavy atom. The number of fused-ring (bicyclic) bond motifs is 3. The van der Waals surface area contributed by atoms with Gasteiger partial charge in [0.2, 0.25) is 17.7 Å². The Hall–Kier alpha value is -5.26. The molecule has 1 aromatic carbocycles. The van der Waals surface area contributed by atoms with Crippen molar-refractivity contribution in [2.75, 3.05) is 13.7 Å². The van der Waals surface area contributed by atoms with Crippen molar-refractivity contribution in [3.8, 4) is 5.88 Å². The number of amides is 5. The first kappa shape index (κ1) is 40.4. The highest BCUT2D eigenvalue weighted by Gasteiger charge is 2.62. The van der Waals surface area contributed by atoms with E-state index in [0.717, 1.165) is 12.6 Å². The topological polar surface area (TPSA) is 203 Å². The summed E-state index contributed by atoms with van der Waals surface area (Å²) < 4.78 is 59.4. The Labute approximate surface area is 324 Å².